The molecule has 7 heteroatoms. The maximum Gasteiger partial charge on any atom is 0.407 e. The minimum atomic E-state index is -0.720. The van der Waals surface area contributed by atoms with Gasteiger partial charge in [0, 0.05) is 19.7 Å². The standard InChI is InChI=1S/C18H24N2O5/c1-18(2,25-17(24)19-10-6-12-21)9-5-11-20-15(22)13-7-3-4-8-14(13)16(20)23/h3-4,7-8,21H,5-6,9-12H2,1-2H3,(H,19,24). The number of carbonyl (C=O) groups excluding carboxylic acids is 3. The van der Waals surface area contributed by atoms with E-state index < -0.39 is 11.7 Å². The van der Waals surface area contributed by atoms with Crippen molar-refractivity contribution in [2.75, 3.05) is 19.7 Å². The van der Waals surface area contributed by atoms with E-state index in [0.717, 1.165) is 0 Å². The summed E-state index contributed by atoms with van der Waals surface area (Å²) in [5, 5.41) is 11.2. The molecule has 7 nitrogen and oxygen atoms in total. The Hall–Kier alpha value is -2.41. The van der Waals surface area contributed by atoms with E-state index in [2.05, 4.69) is 5.32 Å². The molecule has 0 spiro atoms. The fourth-order valence-corrected chi connectivity index (χ4v) is 2.71. The van der Waals surface area contributed by atoms with Gasteiger partial charge in [0.25, 0.3) is 11.8 Å². The number of aliphatic hydroxyl groups excluding tert-OH is 1. The van der Waals surface area contributed by atoms with Gasteiger partial charge in [0.2, 0.25) is 0 Å². The van der Waals surface area contributed by atoms with Crippen molar-refractivity contribution in [1.82, 2.24) is 10.2 Å². The van der Waals surface area contributed by atoms with Crippen LogP contribution in [-0.4, -0.2) is 53.2 Å². The monoisotopic (exact) mass is 348 g/mol. The number of nitrogens with zero attached hydrogens (tertiary/aromatic N) is 1. The minimum Gasteiger partial charge on any atom is -0.444 e. The smallest absolute Gasteiger partial charge is 0.407 e. The molecule has 2 N–H and O–H groups in total. The highest BCUT2D eigenvalue weighted by Gasteiger charge is 2.35. The van der Waals surface area contributed by atoms with Crippen LogP contribution in [0.5, 0.6) is 0 Å². The zero-order chi connectivity index (χ0) is 18.4. The molecule has 1 aliphatic heterocycles. The van der Waals surface area contributed by atoms with E-state index >= 15 is 0 Å². The van der Waals surface area contributed by atoms with Crippen molar-refractivity contribution in [2.45, 2.75) is 38.7 Å². The summed E-state index contributed by atoms with van der Waals surface area (Å²) in [6.07, 6.45) is 0.963. The Morgan fingerprint density at radius 2 is 1.76 bits per heavy atom. The molecule has 0 unspecified atom stereocenters. The molecule has 136 valence electrons. The van der Waals surface area contributed by atoms with Crippen molar-refractivity contribution >= 4 is 17.9 Å². The third-order valence-electron chi connectivity index (χ3n) is 4.01. The molecule has 1 aromatic rings. The number of imide groups is 1. The highest BCUT2D eigenvalue weighted by atomic mass is 16.6. The molecule has 1 aliphatic rings. The van der Waals surface area contributed by atoms with Gasteiger partial charge in [0.15, 0.2) is 0 Å². The highest BCUT2D eigenvalue weighted by molar-refractivity contribution is 6.21. The molecule has 1 aromatic carbocycles. The quantitative estimate of drug-likeness (QED) is 0.553. The Bertz CT molecular complexity index is 622. The van der Waals surface area contributed by atoms with Crippen molar-refractivity contribution in [3.05, 3.63) is 35.4 Å². The van der Waals surface area contributed by atoms with E-state index in [-0.39, 0.29) is 25.0 Å². The van der Waals surface area contributed by atoms with Gasteiger partial charge in [-0.15, -0.1) is 0 Å². The van der Waals surface area contributed by atoms with Gasteiger partial charge >= 0.3 is 6.09 Å². The minimum absolute atomic E-state index is 0.00392. The lowest BCUT2D eigenvalue weighted by Gasteiger charge is -2.26. The van der Waals surface area contributed by atoms with Gasteiger partial charge in [-0.3, -0.25) is 14.5 Å². The molecule has 0 bridgehead atoms. The predicted molar refractivity (Wildman–Crippen MR) is 91.3 cm³/mol. The van der Waals surface area contributed by atoms with E-state index in [1.807, 2.05) is 0 Å². The van der Waals surface area contributed by atoms with Crippen LogP contribution < -0.4 is 5.32 Å². The first kappa shape index (κ1) is 18.9. The molecule has 1 heterocycles. The second-order valence-corrected chi connectivity index (χ2v) is 6.56. The summed E-state index contributed by atoms with van der Waals surface area (Å²) in [7, 11) is 0. The Balaban J connectivity index is 1.81. The largest absolute Gasteiger partial charge is 0.444 e. The molecule has 0 aromatic heterocycles. The van der Waals surface area contributed by atoms with E-state index in [0.29, 0.717) is 36.9 Å². The maximum atomic E-state index is 12.3. The number of ether oxygens (including phenoxy) is 1. The molecule has 3 amide bonds. The molecule has 0 saturated carbocycles. The molecular weight excluding hydrogens is 324 g/mol. The van der Waals surface area contributed by atoms with Crippen LogP contribution in [-0.2, 0) is 4.74 Å². The zero-order valence-electron chi connectivity index (χ0n) is 14.6. The number of carbonyl (C=O) groups is 3. The molecule has 0 saturated heterocycles. The van der Waals surface area contributed by atoms with Gasteiger partial charge < -0.3 is 15.2 Å². The number of hydrogen-bond donors (Lipinski definition) is 2. The first-order valence-corrected chi connectivity index (χ1v) is 8.38. The van der Waals surface area contributed by atoms with Crippen LogP contribution >= 0.6 is 0 Å². The lowest BCUT2D eigenvalue weighted by atomic mass is 10.0. The fraction of sp³-hybridized carbons (Fsp3) is 0.500. The van der Waals surface area contributed by atoms with Crippen LogP contribution in [0.3, 0.4) is 0 Å². The predicted octanol–water partition coefficient (Wildman–Crippen LogP) is 1.95. The number of amides is 3. The third-order valence-corrected chi connectivity index (χ3v) is 4.01. The van der Waals surface area contributed by atoms with Gasteiger partial charge in [0.05, 0.1) is 11.1 Å². The summed E-state index contributed by atoms with van der Waals surface area (Å²) in [6, 6.07) is 6.78. The van der Waals surface area contributed by atoms with Crippen molar-refractivity contribution in [1.29, 1.82) is 0 Å². The van der Waals surface area contributed by atoms with Crippen molar-refractivity contribution in [3.63, 3.8) is 0 Å². The van der Waals surface area contributed by atoms with E-state index in [1.54, 1.807) is 38.1 Å². The van der Waals surface area contributed by atoms with Crippen LogP contribution in [0, 0.1) is 0 Å². The number of alkyl carbamates (subject to hydrolysis) is 1. The van der Waals surface area contributed by atoms with Gasteiger partial charge in [-0.05, 0) is 45.2 Å². The fourth-order valence-electron chi connectivity index (χ4n) is 2.71. The summed E-state index contributed by atoms with van der Waals surface area (Å²) >= 11 is 0. The highest BCUT2D eigenvalue weighted by Crippen LogP contribution is 2.24. The SMILES string of the molecule is CC(C)(CCCN1C(=O)c2ccccc2C1=O)OC(=O)NCCCO. The van der Waals surface area contributed by atoms with Crippen LogP contribution in [0.15, 0.2) is 24.3 Å². The second-order valence-electron chi connectivity index (χ2n) is 6.56. The molecule has 0 fully saturated rings. The number of hydrogen-bond acceptors (Lipinski definition) is 5. The molecule has 0 atom stereocenters. The van der Waals surface area contributed by atoms with Crippen LogP contribution in [0.2, 0.25) is 0 Å². The third kappa shape index (κ3) is 4.79. The van der Waals surface area contributed by atoms with Crippen LogP contribution in [0.25, 0.3) is 0 Å². The average molecular weight is 348 g/mol. The molecule has 0 aliphatic carbocycles. The van der Waals surface area contributed by atoms with Gasteiger partial charge in [-0.2, -0.15) is 0 Å². The molecule has 25 heavy (non-hydrogen) atoms. The topological polar surface area (TPSA) is 95.9 Å². The van der Waals surface area contributed by atoms with E-state index in [4.69, 9.17) is 9.84 Å². The van der Waals surface area contributed by atoms with E-state index in [1.165, 1.54) is 4.90 Å². The van der Waals surface area contributed by atoms with Gasteiger partial charge in [-0.25, -0.2) is 4.79 Å². The molecule has 2 rings (SSSR count). The van der Waals surface area contributed by atoms with Gasteiger partial charge in [-0.1, -0.05) is 12.1 Å². The number of fused-ring (bicyclic) bond motifs is 1. The summed E-state index contributed by atoms with van der Waals surface area (Å²) in [4.78, 5) is 37.5. The van der Waals surface area contributed by atoms with Gasteiger partial charge in [0.1, 0.15) is 5.60 Å². The lowest BCUT2D eigenvalue weighted by Crippen LogP contribution is -2.37. The van der Waals surface area contributed by atoms with E-state index in [9.17, 15) is 14.4 Å². The summed E-state index contributed by atoms with van der Waals surface area (Å²) < 4.78 is 5.34. The first-order chi connectivity index (χ1) is 11.9. The lowest BCUT2D eigenvalue weighted by molar-refractivity contribution is 0.0283. The zero-order valence-corrected chi connectivity index (χ0v) is 14.6. The number of rotatable bonds is 8. The number of benzene rings is 1. The molecular formula is C18H24N2O5. The Morgan fingerprint density at radius 3 is 2.32 bits per heavy atom. The van der Waals surface area contributed by atoms with Crippen LogP contribution in [0.1, 0.15) is 53.8 Å². The second kappa shape index (κ2) is 8.11. The Kier molecular flexibility index (Phi) is 6.14. The normalized spacial score (nSPS) is 13.8. The average Bonchev–Trinajstić information content (AvgIpc) is 2.80. The van der Waals surface area contributed by atoms with Crippen molar-refractivity contribution in [2.24, 2.45) is 0 Å². The Labute approximate surface area is 147 Å². The first-order valence-electron chi connectivity index (χ1n) is 8.38. The molecule has 0 radical (unpaired) electrons. The maximum absolute atomic E-state index is 12.3. The summed E-state index contributed by atoms with van der Waals surface area (Å²) in [5.41, 5.74) is 0.152. The van der Waals surface area contributed by atoms with Crippen molar-refractivity contribution < 1.29 is 24.2 Å². The number of aliphatic hydroxyl groups is 1. The summed E-state index contributed by atoms with van der Waals surface area (Å²) in [5.74, 6) is -0.554. The van der Waals surface area contributed by atoms with Crippen LogP contribution in [0.4, 0.5) is 4.79 Å². The Morgan fingerprint density at radius 1 is 1.16 bits per heavy atom. The summed E-state index contributed by atoms with van der Waals surface area (Å²) in [6.45, 7) is 4.19. The van der Waals surface area contributed by atoms with Crippen molar-refractivity contribution in [3.8, 4) is 0 Å². The number of nitrogens with one attached hydrogen (secondary N) is 1.